The van der Waals surface area contributed by atoms with Gasteiger partial charge in [0.25, 0.3) is 0 Å². The molecular formula is C18H19ClN2. The van der Waals surface area contributed by atoms with Crippen LogP contribution in [0.2, 0.25) is 5.02 Å². The molecule has 0 amide bonds. The van der Waals surface area contributed by atoms with Crippen molar-refractivity contribution < 1.29 is 0 Å². The van der Waals surface area contributed by atoms with Gasteiger partial charge in [0.1, 0.15) is 5.82 Å². The number of benzene rings is 2. The van der Waals surface area contributed by atoms with Crippen molar-refractivity contribution in [3.8, 4) is 11.4 Å². The zero-order valence-corrected chi connectivity index (χ0v) is 13.4. The highest BCUT2D eigenvalue weighted by Gasteiger charge is 2.17. The predicted molar refractivity (Wildman–Crippen MR) is 89.9 cm³/mol. The highest BCUT2D eigenvalue weighted by Crippen LogP contribution is 2.32. The van der Waals surface area contributed by atoms with Gasteiger partial charge in [0, 0.05) is 16.6 Å². The van der Waals surface area contributed by atoms with Gasteiger partial charge in [-0.3, -0.25) is 0 Å². The average molecular weight is 299 g/mol. The number of hydrogen-bond acceptors (Lipinski definition) is 1. The molecule has 0 aliphatic carbocycles. The summed E-state index contributed by atoms with van der Waals surface area (Å²) in [5.41, 5.74) is 4.53. The number of imidazole rings is 1. The van der Waals surface area contributed by atoms with Gasteiger partial charge < -0.3 is 4.57 Å². The van der Waals surface area contributed by atoms with E-state index in [4.69, 9.17) is 16.6 Å². The SMILES string of the molecule is CCC(C)n1c(-c2ccccc2C)nc2cc(Cl)ccc21. The molecule has 0 aliphatic heterocycles. The van der Waals surface area contributed by atoms with Crippen molar-refractivity contribution >= 4 is 22.6 Å². The number of aryl methyl sites for hydroxylation is 1. The van der Waals surface area contributed by atoms with Crippen LogP contribution < -0.4 is 0 Å². The molecule has 0 fully saturated rings. The first-order valence-electron chi connectivity index (χ1n) is 7.35. The number of rotatable bonds is 3. The number of fused-ring (bicyclic) bond motifs is 1. The molecule has 0 radical (unpaired) electrons. The first-order chi connectivity index (χ1) is 10.1. The lowest BCUT2D eigenvalue weighted by atomic mass is 10.1. The normalized spacial score (nSPS) is 12.8. The molecule has 0 N–H and O–H groups in total. The third-order valence-electron chi connectivity index (χ3n) is 4.07. The van der Waals surface area contributed by atoms with Crippen molar-refractivity contribution in [2.45, 2.75) is 33.2 Å². The molecule has 1 heterocycles. The van der Waals surface area contributed by atoms with Crippen LogP contribution in [0, 0.1) is 6.92 Å². The lowest BCUT2D eigenvalue weighted by Crippen LogP contribution is -2.06. The Labute approximate surface area is 130 Å². The Hall–Kier alpha value is -1.80. The van der Waals surface area contributed by atoms with E-state index in [1.165, 1.54) is 11.1 Å². The fourth-order valence-electron chi connectivity index (χ4n) is 2.71. The summed E-state index contributed by atoms with van der Waals surface area (Å²) in [6.07, 6.45) is 1.06. The Balaban J connectivity index is 2.33. The summed E-state index contributed by atoms with van der Waals surface area (Å²) in [5, 5.41) is 0.729. The van der Waals surface area contributed by atoms with Crippen molar-refractivity contribution in [3.05, 3.63) is 53.1 Å². The second kappa shape index (κ2) is 5.53. The molecule has 1 atom stereocenters. The van der Waals surface area contributed by atoms with E-state index in [1.54, 1.807) is 0 Å². The first kappa shape index (κ1) is 14.2. The van der Waals surface area contributed by atoms with Crippen molar-refractivity contribution in [2.24, 2.45) is 0 Å². The summed E-state index contributed by atoms with van der Waals surface area (Å²) in [7, 11) is 0. The highest BCUT2D eigenvalue weighted by molar-refractivity contribution is 6.31. The summed E-state index contributed by atoms with van der Waals surface area (Å²) in [6.45, 7) is 6.56. The standard InChI is InChI=1S/C18H19ClN2/c1-4-13(3)21-17-10-9-14(19)11-16(17)20-18(21)15-8-6-5-7-12(15)2/h5-11,13H,4H2,1-3H3. The largest absolute Gasteiger partial charge is 0.321 e. The molecule has 0 saturated heterocycles. The third-order valence-corrected chi connectivity index (χ3v) is 4.30. The second-order valence-electron chi connectivity index (χ2n) is 5.51. The van der Waals surface area contributed by atoms with E-state index < -0.39 is 0 Å². The summed E-state index contributed by atoms with van der Waals surface area (Å²) in [6, 6.07) is 14.7. The second-order valence-corrected chi connectivity index (χ2v) is 5.95. The molecule has 3 rings (SSSR count). The molecule has 3 aromatic rings. The molecule has 0 spiro atoms. The fraction of sp³-hybridized carbons (Fsp3) is 0.278. The van der Waals surface area contributed by atoms with Gasteiger partial charge in [0.15, 0.2) is 0 Å². The number of hydrogen-bond donors (Lipinski definition) is 0. The van der Waals surface area contributed by atoms with E-state index in [0.29, 0.717) is 6.04 Å². The molecule has 1 unspecified atom stereocenters. The molecule has 0 bridgehead atoms. The van der Waals surface area contributed by atoms with Crippen LogP contribution in [0.5, 0.6) is 0 Å². The van der Waals surface area contributed by atoms with Crippen LogP contribution in [0.15, 0.2) is 42.5 Å². The summed E-state index contributed by atoms with van der Waals surface area (Å²) in [4.78, 5) is 4.85. The van der Waals surface area contributed by atoms with E-state index >= 15 is 0 Å². The average Bonchev–Trinajstić information content (AvgIpc) is 2.85. The van der Waals surface area contributed by atoms with Crippen LogP contribution in [0.4, 0.5) is 0 Å². The first-order valence-corrected chi connectivity index (χ1v) is 7.73. The van der Waals surface area contributed by atoms with Crippen LogP contribution in [0.1, 0.15) is 31.9 Å². The van der Waals surface area contributed by atoms with Crippen molar-refractivity contribution in [3.63, 3.8) is 0 Å². The van der Waals surface area contributed by atoms with Crippen LogP contribution >= 0.6 is 11.6 Å². The van der Waals surface area contributed by atoms with Crippen molar-refractivity contribution in [1.82, 2.24) is 9.55 Å². The van der Waals surface area contributed by atoms with Crippen molar-refractivity contribution in [1.29, 1.82) is 0 Å². The molecule has 108 valence electrons. The molecular weight excluding hydrogens is 280 g/mol. The lowest BCUT2D eigenvalue weighted by molar-refractivity contribution is 0.550. The smallest absolute Gasteiger partial charge is 0.141 e. The maximum atomic E-state index is 6.12. The van der Waals surface area contributed by atoms with Gasteiger partial charge in [-0.15, -0.1) is 0 Å². The summed E-state index contributed by atoms with van der Waals surface area (Å²) >= 11 is 6.12. The maximum absolute atomic E-state index is 6.12. The van der Waals surface area contributed by atoms with Gasteiger partial charge in [-0.25, -0.2) is 4.98 Å². The van der Waals surface area contributed by atoms with E-state index in [1.807, 2.05) is 12.1 Å². The number of halogens is 1. The predicted octanol–water partition coefficient (Wildman–Crippen LogP) is 5.64. The minimum Gasteiger partial charge on any atom is -0.321 e. The Morgan fingerprint density at radius 1 is 1.19 bits per heavy atom. The molecule has 1 aromatic heterocycles. The van der Waals surface area contributed by atoms with Gasteiger partial charge in [-0.1, -0.05) is 42.8 Å². The zero-order valence-electron chi connectivity index (χ0n) is 12.6. The van der Waals surface area contributed by atoms with E-state index in [-0.39, 0.29) is 0 Å². The zero-order chi connectivity index (χ0) is 15.0. The van der Waals surface area contributed by atoms with Crippen LogP contribution in [0.3, 0.4) is 0 Å². The number of nitrogens with zero attached hydrogens (tertiary/aromatic N) is 2. The van der Waals surface area contributed by atoms with E-state index in [0.717, 1.165) is 28.3 Å². The van der Waals surface area contributed by atoms with Gasteiger partial charge in [0.2, 0.25) is 0 Å². The Morgan fingerprint density at radius 2 is 1.95 bits per heavy atom. The lowest BCUT2D eigenvalue weighted by Gasteiger charge is -2.17. The van der Waals surface area contributed by atoms with Crippen LogP contribution in [0.25, 0.3) is 22.4 Å². The van der Waals surface area contributed by atoms with Gasteiger partial charge in [-0.2, -0.15) is 0 Å². The summed E-state index contributed by atoms with van der Waals surface area (Å²) in [5.74, 6) is 1.03. The Bertz CT molecular complexity index is 789. The minimum atomic E-state index is 0.394. The maximum Gasteiger partial charge on any atom is 0.141 e. The molecule has 0 aliphatic rings. The quantitative estimate of drug-likeness (QED) is 0.612. The van der Waals surface area contributed by atoms with Gasteiger partial charge >= 0.3 is 0 Å². The monoisotopic (exact) mass is 298 g/mol. The fourth-order valence-corrected chi connectivity index (χ4v) is 2.88. The Morgan fingerprint density at radius 3 is 2.67 bits per heavy atom. The van der Waals surface area contributed by atoms with E-state index in [2.05, 4.69) is 55.7 Å². The minimum absolute atomic E-state index is 0.394. The number of aromatic nitrogens is 2. The molecule has 2 nitrogen and oxygen atoms in total. The van der Waals surface area contributed by atoms with Crippen LogP contribution in [-0.2, 0) is 0 Å². The molecule has 2 aromatic carbocycles. The Kier molecular flexibility index (Phi) is 3.73. The molecule has 0 saturated carbocycles. The van der Waals surface area contributed by atoms with Gasteiger partial charge in [0.05, 0.1) is 11.0 Å². The van der Waals surface area contributed by atoms with Gasteiger partial charge in [-0.05, 0) is 44.0 Å². The molecule has 3 heteroatoms. The van der Waals surface area contributed by atoms with Crippen LogP contribution in [-0.4, -0.2) is 9.55 Å². The topological polar surface area (TPSA) is 17.8 Å². The molecule has 21 heavy (non-hydrogen) atoms. The van der Waals surface area contributed by atoms with E-state index in [9.17, 15) is 0 Å². The third kappa shape index (κ3) is 2.44. The highest BCUT2D eigenvalue weighted by atomic mass is 35.5. The van der Waals surface area contributed by atoms with Crippen molar-refractivity contribution in [2.75, 3.05) is 0 Å². The summed E-state index contributed by atoms with van der Waals surface area (Å²) < 4.78 is 2.33.